The maximum Gasteiger partial charge on any atom is 0.256 e. The summed E-state index contributed by atoms with van der Waals surface area (Å²) in [6.45, 7) is 1.41. The third-order valence-electron chi connectivity index (χ3n) is 4.31. The number of hydrogen-bond acceptors (Lipinski definition) is 6. The Morgan fingerprint density at radius 3 is 2.57 bits per heavy atom. The molecule has 3 amide bonds. The first-order valence-electron chi connectivity index (χ1n) is 8.66. The zero-order valence-electron chi connectivity index (χ0n) is 15.8. The van der Waals surface area contributed by atoms with Crippen molar-refractivity contribution in [2.75, 3.05) is 29.8 Å². The highest BCUT2D eigenvalue weighted by atomic mass is 16.5. The smallest absolute Gasteiger partial charge is 0.256 e. The second-order valence-corrected chi connectivity index (χ2v) is 6.27. The van der Waals surface area contributed by atoms with Crippen LogP contribution in [0.1, 0.15) is 13.3 Å². The summed E-state index contributed by atoms with van der Waals surface area (Å²) in [4.78, 5) is 37.8. The highest BCUT2D eigenvalue weighted by Gasteiger charge is 2.40. The van der Waals surface area contributed by atoms with Crippen LogP contribution in [0.25, 0.3) is 0 Å². The van der Waals surface area contributed by atoms with E-state index >= 15 is 0 Å². The molecule has 1 aliphatic heterocycles. The standard InChI is InChI=1S/C20H21N3O5/c1-12(24)21-13-7-8-18(28-3)16(9-13)22-17-11-19(25)23(20(17)26)14-5-4-6-15(10-14)27-2/h4-10,17,22H,11H2,1-3H3,(H,21,24)/t17-/m0/s1. The van der Waals surface area contributed by atoms with Gasteiger partial charge in [0.15, 0.2) is 0 Å². The number of ether oxygens (including phenoxy) is 2. The first kappa shape index (κ1) is 19.2. The Morgan fingerprint density at radius 2 is 1.89 bits per heavy atom. The number of carbonyl (C=O) groups excluding carboxylic acids is 3. The maximum atomic E-state index is 12.9. The van der Waals surface area contributed by atoms with Crippen molar-refractivity contribution < 1.29 is 23.9 Å². The van der Waals surface area contributed by atoms with Crippen LogP contribution in [-0.4, -0.2) is 38.0 Å². The molecule has 2 aromatic rings. The molecule has 1 atom stereocenters. The van der Waals surface area contributed by atoms with Gasteiger partial charge in [-0.15, -0.1) is 0 Å². The van der Waals surface area contributed by atoms with Crippen LogP contribution in [0.2, 0.25) is 0 Å². The molecule has 2 N–H and O–H groups in total. The lowest BCUT2D eigenvalue weighted by Gasteiger charge is -2.18. The van der Waals surface area contributed by atoms with Gasteiger partial charge in [-0.1, -0.05) is 6.07 Å². The van der Waals surface area contributed by atoms with E-state index in [-0.39, 0.29) is 24.1 Å². The van der Waals surface area contributed by atoms with Gasteiger partial charge in [-0.05, 0) is 30.3 Å². The molecular formula is C20H21N3O5. The Labute approximate surface area is 162 Å². The minimum atomic E-state index is -0.750. The summed E-state index contributed by atoms with van der Waals surface area (Å²) >= 11 is 0. The van der Waals surface area contributed by atoms with Gasteiger partial charge in [-0.2, -0.15) is 0 Å². The fourth-order valence-electron chi connectivity index (χ4n) is 3.06. The van der Waals surface area contributed by atoms with Gasteiger partial charge in [0.2, 0.25) is 11.8 Å². The van der Waals surface area contributed by atoms with Crippen molar-refractivity contribution in [3.05, 3.63) is 42.5 Å². The molecule has 0 aromatic heterocycles. The Balaban J connectivity index is 1.84. The molecule has 28 heavy (non-hydrogen) atoms. The van der Waals surface area contributed by atoms with Gasteiger partial charge >= 0.3 is 0 Å². The highest BCUT2D eigenvalue weighted by molar-refractivity contribution is 6.23. The molecular weight excluding hydrogens is 362 g/mol. The summed E-state index contributed by atoms with van der Waals surface area (Å²) in [7, 11) is 3.02. The molecule has 8 nitrogen and oxygen atoms in total. The Morgan fingerprint density at radius 1 is 1.11 bits per heavy atom. The molecule has 0 unspecified atom stereocenters. The number of amides is 3. The van der Waals surface area contributed by atoms with Crippen LogP contribution in [0.4, 0.5) is 17.1 Å². The third kappa shape index (κ3) is 3.90. The van der Waals surface area contributed by atoms with Crippen LogP contribution in [0, 0.1) is 0 Å². The molecule has 1 fully saturated rings. The zero-order valence-corrected chi connectivity index (χ0v) is 15.8. The first-order valence-corrected chi connectivity index (χ1v) is 8.66. The summed E-state index contributed by atoms with van der Waals surface area (Å²) in [5, 5.41) is 5.74. The maximum absolute atomic E-state index is 12.9. The normalized spacial score (nSPS) is 16.1. The average Bonchev–Trinajstić information content (AvgIpc) is 2.95. The number of benzene rings is 2. The number of nitrogens with zero attached hydrogens (tertiary/aromatic N) is 1. The molecule has 8 heteroatoms. The molecule has 1 saturated heterocycles. The van der Waals surface area contributed by atoms with E-state index in [4.69, 9.17) is 9.47 Å². The van der Waals surface area contributed by atoms with Crippen LogP contribution in [-0.2, 0) is 14.4 Å². The summed E-state index contributed by atoms with van der Waals surface area (Å²) in [5.74, 6) is 0.152. The van der Waals surface area contributed by atoms with Crippen molar-refractivity contribution in [3.8, 4) is 11.5 Å². The fraction of sp³-hybridized carbons (Fsp3) is 0.250. The van der Waals surface area contributed by atoms with Crippen LogP contribution in [0.5, 0.6) is 11.5 Å². The Hall–Kier alpha value is -3.55. The molecule has 0 spiro atoms. The van der Waals surface area contributed by atoms with Crippen molar-refractivity contribution in [1.29, 1.82) is 0 Å². The van der Waals surface area contributed by atoms with Crippen LogP contribution in [0.3, 0.4) is 0 Å². The summed E-state index contributed by atoms with van der Waals surface area (Å²) < 4.78 is 10.5. The van der Waals surface area contributed by atoms with Gasteiger partial charge in [0.05, 0.1) is 32.0 Å². The molecule has 2 aromatic carbocycles. The lowest BCUT2D eigenvalue weighted by molar-refractivity contribution is -0.121. The summed E-state index contributed by atoms with van der Waals surface area (Å²) in [6, 6.07) is 11.0. The number of nitrogens with one attached hydrogen (secondary N) is 2. The molecule has 0 bridgehead atoms. The number of rotatable bonds is 6. The lowest BCUT2D eigenvalue weighted by atomic mass is 10.2. The van der Waals surface area contributed by atoms with E-state index in [1.165, 1.54) is 21.1 Å². The van der Waals surface area contributed by atoms with Gasteiger partial charge in [-0.25, -0.2) is 4.90 Å². The van der Waals surface area contributed by atoms with E-state index in [1.807, 2.05) is 0 Å². The highest BCUT2D eigenvalue weighted by Crippen LogP contribution is 2.32. The van der Waals surface area contributed by atoms with E-state index in [0.29, 0.717) is 28.6 Å². The minimum Gasteiger partial charge on any atom is -0.497 e. The van der Waals surface area contributed by atoms with Crippen molar-refractivity contribution in [2.45, 2.75) is 19.4 Å². The van der Waals surface area contributed by atoms with Crippen LogP contribution in [0.15, 0.2) is 42.5 Å². The third-order valence-corrected chi connectivity index (χ3v) is 4.31. The zero-order chi connectivity index (χ0) is 20.3. The van der Waals surface area contributed by atoms with E-state index < -0.39 is 6.04 Å². The second-order valence-electron chi connectivity index (χ2n) is 6.27. The van der Waals surface area contributed by atoms with E-state index in [0.717, 1.165) is 4.90 Å². The van der Waals surface area contributed by atoms with E-state index in [1.54, 1.807) is 42.5 Å². The van der Waals surface area contributed by atoms with E-state index in [2.05, 4.69) is 10.6 Å². The number of carbonyl (C=O) groups is 3. The largest absolute Gasteiger partial charge is 0.497 e. The van der Waals surface area contributed by atoms with E-state index in [9.17, 15) is 14.4 Å². The van der Waals surface area contributed by atoms with Gasteiger partial charge in [0, 0.05) is 18.7 Å². The molecule has 1 aliphatic rings. The number of methoxy groups -OCH3 is 2. The fourth-order valence-corrected chi connectivity index (χ4v) is 3.06. The summed E-state index contributed by atoms with van der Waals surface area (Å²) in [5.41, 5.74) is 1.52. The van der Waals surface area contributed by atoms with Gasteiger partial charge in [-0.3, -0.25) is 14.4 Å². The van der Waals surface area contributed by atoms with Crippen molar-refractivity contribution in [2.24, 2.45) is 0 Å². The van der Waals surface area contributed by atoms with Crippen molar-refractivity contribution >= 4 is 34.8 Å². The van der Waals surface area contributed by atoms with Gasteiger partial charge in [0.25, 0.3) is 5.91 Å². The molecule has 0 radical (unpaired) electrons. The predicted octanol–water partition coefficient (Wildman–Crippen LogP) is 2.41. The molecule has 3 rings (SSSR count). The van der Waals surface area contributed by atoms with Crippen molar-refractivity contribution in [3.63, 3.8) is 0 Å². The number of imide groups is 1. The Kier molecular flexibility index (Phi) is 5.49. The second kappa shape index (κ2) is 7.99. The van der Waals surface area contributed by atoms with Crippen LogP contribution >= 0.6 is 0 Å². The molecule has 0 saturated carbocycles. The minimum absolute atomic E-state index is 0.00353. The molecule has 1 heterocycles. The topological polar surface area (TPSA) is 97.0 Å². The predicted molar refractivity (Wildman–Crippen MR) is 105 cm³/mol. The van der Waals surface area contributed by atoms with Gasteiger partial charge in [0.1, 0.15) is 17.5 Å². The number of hydrogen-bond donors (Lipinski definition) is 2. The first-order chi connectivity index (χ1) is 13.4. The molecule has 0 aliphatic carbocycles. The Bertz CT molecular complexity index is 928. The van der Waals surface area contributed by atoms with Crippen LogP contribution < -0.4 is 25.0 Å². The number of anilines is 3. The van der Waals surface area contributed by atoms with Gasteiger partial charge < -0.3 is 20.1 Å². The lowest BCUT2D eigenvalue weighted by Crippen LogP contribution is -2.34. The molecule has 146 valence electrons. The average molecular weight is 383 g/mol. The van der Waals surface area contributed by atoms with Crippen molar-refractivity contribution in [1.82, 2.24) is 0 Å². The SMILES string of the molecule is COc1cccc(N2C(=O)C[C@H](Nc3cc(NC(C)=O)ccc3OC)C2=O)c1. The quantitative estimate of drug-likeness (QED) is 0.744. The summed E-state index contributed by atoms with van der Waals surface area (Å²) in [6.07, 6.45) is 0.00353. The monoisotopic (exact) mass is 383 g/mol.